The van der Waals surface area contributed by atoms with E-state index in [-0.39, 0.29) is 0 Å². The molecule has 0 spiro atoms. The Morgan fingerprint density at radius 2 is 2.27 bits per heavy atom. The Balaban J connectivity index is 2.28. The lowest BCUT2D eigenvalue weighted by Crippen LogP contribution is -2.15. The van der Waals surface area contributed by atoms with Crippen molar-refractivity contribution in [3.63, 3.8) is 0 Å². The molecule has 2 aromatic heterocycles. The van der Waals surface area contributed by atoms with E-state index in [1.165, 1.54) is 0 Å². The fourth-order valence-electron chi connectivity index (χ4n) is 1.44. The summed E-state index contributed by atoms with van der Waals surface area (Å²) in [6.45, 7) is 0.954. The molecular weight excluding hydrogens is 212 g/mol. The van der Waals surface area contributed by atoms with E-state index in [1.54, 1.807) is 6.26 Å². The highest BCUT2D eigenvalue weighted by atomic mass is 35.5. The molecule has 2 rings (SSSR count). The molecule has 0 aliphatic heterocycles. The Hall–Kier alpha value is -1.06. The van der Waals surface area contributed by atoms with Gasteiger partial charge in [0, 0.05) is 24.7 Å². The molecule has 0 radical (unpaired) electrons. The van der Waals surface area contributed by atoms with Gasteiger partial charge in [-0.2, -0.15) is 0 Å². The van der Waals surface area contributed by atoms with Crippen LogP contribution in [0.4, 0.5) is 0 Å². The molecule has 0 aliphatic carbocycles. The number of likely N-dealkylation sites (N-methyl/N-ethyl adjacent to an activating group) is 1. The lowest BCUT2D eigenvalue weighted by atomic mass is 10.2. The molecule has 0 aromatic carbocycles. The van der Waals surface area contributed by atoms with Crippen LogP contribution in [-0.4, -0.2) is 30.5 Å². The predicted molar refractivity (Wildman–Crippen MR) is 61.3 cm³/mol. The minimum atomic E-state index is 0.523. The number of nitrogens with zero attached hydrogens (tertiary/aromatic N) is 2. The van der Waals surface area contributed by atoms with E-state index < -0.39 is 0 Å². The Bertz CT molecular complexity index is 465. The largest absolute Gasteiger partial charge is 0.464 e. The van der Waals surface area contributed by atoms with Crippen molar-refractivity contribution in [2.45, 2.75) is 6.42 Å². The van der Waals surface area contributed by atoms with E-state index in [9.17, 15) is 0 Å². The third kappa shape index (κ3) is 2.30. The number of furan rings is 1. The Morgan fingerprint density at radius 3 is 3.00 bits per heavy atom. The van der Waals surface area contributed by atoms with E-state index in [4.69, 9.17) is 16.0 Å². The summed E-state index contributed by atoms with van der Waals surface area (Å²) in [4.78, 5) is 6.44. The highest BCUT2D eigenvalue weighted by Gasteiger charge is 2.06. The van der Waals surface area contributed by atoms with Gasteiger partial charge in [0.1, 0.15) is 10.7 Å². The van der Waals surface area contributed by atoms with Crippen molar-refractivity contribution in [3.8, 4) is 0 Å². The van der Waals surface area contributed by atoms with Crippen LogP contribution in [0.3, 0.4) is 0 Å². The Morgan fingerprint density at radius 1 is 1.47 bits per heavy atom. The summed E-state index contributed by atoms with van der Waals surface area (Å²) in [5.41, 5.74) is 1.78. The molecule has 15 heavy (non-hydrogen) atoms. The second-order valence-electron chi connectivity index (χ2n) is 3.79. The summed E-state index contributed by atoms with van der Waals surface area (Å²) >= 11 is 6.03. The van der Waals surface area contributed by atoms with Gasteiger partial charge in [-0.1, -0.05) is 11.6 Å². The normalized spacial score (nSPS) is 11.5. The second-order valence-corrected chi connectivity index (χ2v) is 4.15. The zero-order valence-electron chi connectivity index (χ0n) is 8.83. The topological polar surface area (TPSA) is 29.3 Å². The predicted octanol–water partition coefficient (Wildman–Crippen LogP) is 2.59. The first-order valence-electron chi connectivity index (χ1n) is 4.84. The zero-order chi connectivity index (χ0) is 10.8. The number of fused-ring (bicyclic) bond motifs is 1. The number of hydrogen-bond acceptors (Lipinski definition) is 3. The number of aromatic nitrogens is 1. The molecule has 0 amide bonds. The minimum absolute atomic E-state index is 0.523. The third-order valence-electron chi connectivity index (χ3n) is 2.27. The van der Waals surface area contributed by atoms with Gasteiger partial charge in [0.05, 0.1) is 11.6 Å². The van der Waals surface area contributed by atoms with Crippen molar-refractivity contribution in [2.24, 2.45) is 0 Å². The number of halogens is 1. The van der Waals surface area contributed by atoms with E-state index in [0.29, 0.717) is 5.15 Å². The van der Waals surface area contributed by atoms with Crippen LogP contribution < -0.4 is 0 Å². The highest BCUT2D eigenvalue weighted by molar-refractivity contribution is 6.34. The van der Waals surface area contributed by atoms with Crippen LogP contribution in [0.1, 0.15) is 5.69 Å². The van der Waals surface area contributed by atoms with Crippen molar-refractivity contribution in [2.75, 3.05) is 20.6 Å². The van der Waals surface area contributed by atoms with E-state index in [1.807, 2.05) is 26.2 Å². The first-order valence-corrected chi connectivity index (χ1v) is 5.22. The summed E-state index contributed by atoms with van der Waals surface area (Å²) in [6, 6.07) is 3.78. The molecule has 0 unspecified atom stereocenters. The van der Waals surface area contributed by atoms with Gasteiger partial charge in [-0.25, -0.2) is 4.98 Å². The van der Waals surface area contributed by atoms with Crippen LogP contribution in [0, 0.1) is 0 Å². The number of pyridine rings is 1. The van der Waals surface area contributed by atoms with Crippen LogP contribution in [0.25, 0.3) is 11.0 Å². The van der Waals surface area contributed by atoms with Crippen LogP contribution in [0.15, 0.2) is 22.8 Å². The average Bonchev–Trinajstić information content (AvgIpc) is 2.63. The fourth-order valence-corrected chi connectivity index (χ4v) is 1.70. The molecule has 2 aromatic rings. The van der Waals surface area contributed by atoms with Gasteiger partial charge in [-0.3, -0.25) is 0 Å². The Labute approximate surface area is 93.6 Å². The molecule has 3 nitrogen and oxygen atoms in total. The van der Waals surface area contributed by atoms with Gasteiger partial charge in [0.15, 0.2) is 0 Å². The fraction of sp³-hybridized carbons (Fsp3) is 0.364. The van der Waals surface area contributed by atoms with Crippen LogP contribution in [0.5, 0.6) is 0 Å². The van der Waals surface area contributed by atoms with Gasteiger partial charge in [0.25, 0.3) is 0 Å². The van der Waals surface area contributed by atoms with E-state index in [2.05, 4.69) is 9.88 Å². The van der Waals surface area contributed by atoms with Crippen molar-refractivity contribution < 1.29 is 4.42 Å². The first-order chi connectivity index (χ1) is 7.16. The third-order valence-corrected chi connectivity index (χ3v) is 2.56. The first kappa shape index (κ1) is 10.5. The molecule has 0 aliphatic rings. The average molecular weight is 225 g/mol. The van der Waals surface area contributed by atoms with Crippen LogP contribution >= 0.6 is 11.6 Å². The summed E-state index contributed by atoms with van der Waals surface area (Å²) in [6.07, 6.45) is 2.51. The number of rotatable bonds is 3. The minimum Gasteiger partial charge on any atom is -0.464 e. The Kier molecular flexibility index (Phi) is 2.93. The van der Waals surface area contributed by atoms with Crippen molar-refractivity contribution in [1.82, 2.24) is 9.88 Å². The summed E-state index contributed by atoms with van der Waals surface area (Å²) < 4.78 is 5.31. The monoisotopic (exact) mass is 224 g/mol. The van der Waals surface area contributed by atoms with E-state index >= 15 is 0 Å². The molecule has 0 fully saturated rings. The molecule has 0 bridgehead atoms. The zero-order valence-corrected chi connectivity index (χ0v) is 9.58. The van der Waals surface area contributed by atoms with Crippen LogP contribution in [0.2, 0.25) is 5.15 Å². The van der Waals surface area contributed by atoms with Gasteiger partial charge in [-0.15, -0.1) is 0 Å². The molecule has 4 heteroatoms. The summed E-state index contributed by atoms with van der Waals surface area (Å²) in [7, 11) is 4.07. The van der Waals surface area contributed by atoms with Crippen molar-refractivity contribution in [1.29, 1.82) is 0 Å². The number of hydrogen-bond donors (Lipinski definition) is 0. The van der Waals surface area contributed by atoms with Crippen molar-refractivity contribution in [3.05, 3.63) is 29.2 Å². The van der Waals surface area contributed by atoms with Gasteiger partial charge in [-0.05, 0) is 20.2 Å². The molecule has 80 valence electrons. The smallest absolute Gasteiger partial charge is 0.140 e. The quantitative estimate of drug-likeness (QED) is 0.751. The summed E-state index contributed by atoms with van der Waals surface area (Å²) in [5.74, 6) is 0. The van der Waals surface area contributed by atoms with Gasteiger partial charge >= 0.3 is 0 Å². The summed E-state index contributed by atoms with van der Waals surface area (Å²) in [5, 5.41) is 1.40. The standard InChI is InChI=1S/C11H13ClN2O/c1-14(2)5-3-8-7-10-9(4-6-15-10)11(12)13-8/h4,6-7H,3,5H2,1-2H3. The SMILES string of the molecule is CN(C)CCc1cc2occc2c(Cl)n1. The molecule has 0 N–H and O–H groups in total. The molecule has 2 heterocycles. The highest BCUT2D eigenvalue weighted by Crippen LogP contribution is 2.23. The van der Waals surface area contributed by atoms with Crippen molar-refractivity contribution >= 4 is 22.6 Å². The maximum atomic E-state index is 6.03. The second kappa shape index (κ2) is 4.21. The lowest BCUT2D eigenvalue weighted by Gasteiger charge is -2.08. The maximum absolute atomic E-state index is 6.03. The molecule has 0 saturated carbocycles. The van der Waals surface area contributed by atoms with Gasteiger partial charge in [0.2, 0.25) is 0 Å². The molecule has 0 saturated heterocycles. The molecule has 0 atom stereocenters. The van der Waals surface area contributed by atoms with Gasteiger partial charge < -0.3 is 9.32 Å². The molecular formula is C11H13ClN2O. The maximum Gasteiger partial charge on any atom is 0.140 e. The van der Waals surface area contributed by atoms with Crippen LogP contribution in [-0.2, 0) is 6.42 Å². The van der Waals surface area contributed by atoms with E-state index in [0.717, 1.165) is 29.6 Å². The lowest BCUT2D eigenvalue weighted by molar-refractivity contribution is 0.412.